The summed E-state index contributed by atoms with van der Waals surface area (Å²) in [6.07, 6.45) is 0. The Hall–Kier alpha value is -2.50. The molecule has 0 saturated carbocycles. The molecule has 0 fully saturated rings. The van der Waals surface area contributed by atoms with Crippen molar-refractivity contribution in [1.29, 1.82) is 0 Å². The molecule has 0 aliphatic carbocycles. The van der Waals surface area contributed by atoms with Crippen LogP contribution in [0.25, 0.3) is 0 Å². The topological polar surface area (TPSA) is 46.2 Å². The van der Waals surface area contributed by atoms with Crippen molar-refractivity contribution in [2.24, 2.45) is 0 Å². The zero-order chi connectivity index (χ0) is 17.8. The van der Waals surface area contributed by atoms with Crippen LogP contribution in [0.4, 0.5) is 4.39 Å². The summed E-state index contributed by atoms with van der Waals surface area (Å²) in [6.45, 7) is 0.263. The first-order valence-electron chi connectivity index (χ1n) is 7.46. The number of hydrogen-bond donors (Lipinski definition) is 1. The lowest BCUT2D eigenvalue weighted by molar-refractivity contribution is 0.0951. The smallest absolute Gasteiger partial charge is 0.253 e. The van der Waals surface area contributed by atoms with E-state index in [2.05, 4.69) is 5.32 Å². The van der Waals surface area contributed by atoms with E-state index in [-0.39, 0.29) is 22.9 Å². The van der Waals surface area contributed by atoms with Gasteiger partial charge in [0.05, 0.1) is 22.0 Å². The van der Waals surface area contributed by atoms with Crippen molar-refractivity contribution < 1.29 is 14.0 Å². The molecule has 3 nitrogen and oxygen atoms in total. The predicted octanol–water partition coefficient (Wildman–Crippen LogP) is 4.70. The van der Waals surface area contributed by atoms with Gasteiger partial charge in [-0.3, -0.25) is 9.59 Å². The molecule has 0 radical (unpaired) electrons. The molecule has 3 aromatic rings. The second-order valence-corrected chi connectivity index (χ2v) is 6.84. The number of hydrogen-bond acceptors (Lipinski definition) is 3. The maximum Gasteiger partial charge on any atom is 0.253 e. The van der Waals surface area contributed by atoms with Crippen LogP contribution in [0.15, 0.2) is 60.7 Å². The van der Waals surface area contributed by atoms with E-state index < -0.39 is 11.7 Å². The van der Waals surface area contributed by atoms with Gasteiger partial charge in [-0.05, 0) is 30.3 Å². The summed E-state index contributed by atoms with van der Waals surface area (Å²) >= 11 is 7.20. The van der Waals surface area contributed by atoms with Gasteiger partial charge in [-0.25, -0.2) is 4.39 Å². The highest BCUT2D eigenvalue weighted by Gasteiger charge is 2.14. The average molecular weight is 374 g/mol. The third-order valence-electron chi connectivity index (χ3n) is 3.52. The fourth-order valence-electron chi connectivity index (χ4n) is 2.26. The maximum absolute atomic E-state index is 13.0. The molecule has 0 atom stereocenters. The third-order valence-corrected chi connectivity index (χ3v) is 4.92. The number of nitrogens with one attached hydrogen (secondary N) is 1. The van der Waals surface area contributed by atoms with Gasteiger partial charge in [0.1, 0.15) is 5.82 Å². The van der Waals surface area contributed by atoms with Crippen LogP contribution >= 0.6 is 22.9 Å². The highest BCUT2D eigenvalue weighted by atomic mass is 35.5. The van der Waals surface area contributed by atoms with Crippen molar-refractivity contribution in [3.63, 3.8) is 0 Å². The minimum absolute atomic E-state index is 0.0512. The second kappa shape index (κ2) is 7.59. The van der Waals surface area contributed by atoms with E-state index in [4.69, 9.17) is 11.6 Å². The third kappa shape index (κ3) is 4.13. The minimum Gasteiger partial charge on any atom is -0.347 e. The first kappa shape index (κ1) is 17.3. The second-order valence-electron chi connectivity index (χ2n) is 5.27. The zero-order valence-corrected chi connectivity index (χ0v) is 14.5. The van der Waals surface area contributed by atoms with Gasteiger partial charge >= 0.3 is 0 Å². The Balaban J connectivity index is 1.66. The Morgan fingerprint density at radius 3 is 2.52 bits per heavy atom. The van der Waals surface area contributed by atoms with Gasteiger partial charge in [-0.15, -0.1) is 11.3 Å². The molecule has 0 bridgehead atoms. The first-order valence-corrected chi connectivity index (χ1v) is 8.66. The van der Waals surface area contributed by atoms with E-state index in [0.717, 1.165) is 10.9 Å². The summed E-state index contributed by atoms with van der Waals surface area (Å²) in [6, 6.07) is 16.2. The first-order chi connectivity index (χ1) is 12.0. The van der Waals surface area contributed by atoms with Crippen LogP contribution in [-0.2, 0) is 6.54 Å². The highest BCUT2D eigenvalue weighted by Crippen LogP contribution is 2.21. The number of carbonyl (C=O) groups is 2. The normalized spacial score (nSPS) is 10.5. The van der Waals surface area contributed by atoms with Crippen LogP contribution in [0, 0.1) is 5.82 Å². The monoisotopic (exact) mass is 373 g/mol. The molecule has 0 spiro atoms. The van der Waals surface area contributed by atoms with Crippen molar-refractivity contribution in [1.82, 2.24) is 5.32 Å². The Bertz CT molecular complexity index is 924. The average Bonchev–Trinajstić information content (AvgIpc) is 3.09. The van der Waals surface area contributed by atoms with Gasteiger partial charge in [0, 0.05) is 10.4 Å². The molecule has 6 heteroatoms. The summed E-state index contributed by atoms with van der Waals surface area (Å²) in [5.41, 5.74) is 0.832. The van der Waals surface area contributed by atoms with Gasteiger partial charge in [0.2, 0.25) is 5.78 Å². The van der Waals surface area contributed by atoms with E-state index in [0.29, 0.717) is 10.4 Å². The summed E-state index contributed by atoms with van der Waals surface area (Å²) in [5, 5.41) is 2.78. The molecular formula is C19H13ClFNO2S. The lowest BCUT2D eigenvalue weighted by Crippen LogP contribution is -2.22. The molecule has 3 rings (SSSR count). The van der Waals surface area contributed by atoms with E-state index in [9.17, 15) is 14.0 Å². The maximum atomic E-state index is 13.0. The zero-order valence-electron chi connectivity index (χ0n) is 13.0. The number of halogens is 2. The van der Waals surface area contributed by atoms with Crippen molar-refractivity contribution in [3.05, 3.63) is 92.4 Å². The van der Waals surface area contributed by atoms with Crippen LogP contribution in [0.3, 0.4) is 0 Å². The van der Waals surface area contributed by atoms with Crippen LogP contribution < -0.4 is 5.32 Å². The Kier molecular flexibility index (Phi) is 5.26. The molecule has 0 aliphatic rings. The molecule has 1 aromatic heterocycles. The number of carbonyl (C=O) groups excluding carboxylic acids is 2. The lowest BCUT2D eigenvalue weighted by Gasteiger charge is -2.05. The number of thiophene rings is 1. The number of rotatable bonds is 5. The standard InChI is InChI=1S/C19H13ClFNO2S/c20-16-10-13(21)6-8-15(16)19(24)22-11-14-7-9-17(25-14)18(23)12-4-2-1-3-5-12/h1-10H,11H2,(H,22,24). The fourth-order valence-corrected chi connectivity index (χ4v) is 3.43. The molecule has 1 N–H and O–H groups in total. The van der Waals surface area contributed by atoms with Gasteiger partial charge < -0.3 is 5.32 Å². The van der Waals surface area contributed by atoms with Crippen LogP contribution in [-0.4, -0.2) is 11.7 Å². The van der Waals surface area contributed by atoms with E-state index in [1.54, 1.807) is 24.3 Å². The van der Waals surface area contributed by atoms with Crippen molar-refractivity contribution in [3.8, 4) is 0 Å². The van der Waals surface area contributed by atoms with E-state index in [1.165, 1.54) is 23.5 Å². The lowest BCUT2D eigenvalue weighted by atomic mass is 10.1. The van der Waals surface area contributed by atoms with Crippen molar-refractivity contribution in [2.45, 2.75) is 6.54 Å². The molecule has 25 heavy (non-hydrogen) atoms. The van der Waals surface area contributed by atoms with Crippen LogP contribution in [0.5, 0.6) is 0 Å². The van der Waals surface area contributed by atoms with Gasteiger partial charge in [-0.2, -0.15) is 0 Å². The largest absolute Gasteiger partial charge is 0.347 e. The SMILES string of the molecule is O=C(c1ccccc1)c1ccc(CNC(=O)c2ccc(F)cc2Cl)s1. The Labute approximate surface area is 153 Å². The molecule has 0 aliphatic heterocycles. The molecule has 1 heterocycles. The summed E-state index contributed by atoms with van der Waals surface area (Å²) in [5.74, 6) is -0.942. The molecule has 1 amide bonds. The van der Waals surface area contributed by atoms with Gasteiger partial charge in [0.25, 0.3) is 5.91 Å². The van der Waals surface area contributed by atoms with Crippen molar-refractivity contribution >= 4 is 34.6 Å². The van der Waals surface area contributed by atoms with Crippen LogP contribution in [0.1, 0.15) is 30.5 Å². The molecule has 0 unspecified atom stereocenters. The number of amides is 1. The predicted molar refractivity (Wildman–Crippen MR) is 96.8 cm³/mol. The van der Waals surface area contributed by atoms with Crippen LogP contribution in [0.2, 0.25) is 5.02 Å². The van der Waals surface area contributed by atoms with E-state index in [1.807, 2.05) is 18.2 Å². The van der Waals surface area contributed by atoms with E-state index >= 15 is 0 Å². The van der Waals surface area contributed by atoms with Gasteiger partial charge in [0.15, 0.2) is 0 Å². The summed E-state index contributed by atoms with van der Waals surface area (Å²) in [4.78, 5) is 25.9. The molecule has 126 valence electrons. The molecular weight excluding hydrogens is 361 g/mol. The Morgan fingerprint density at radius 2 is 1.80 bits per heavy atom. The molecule has 0 saturated heterocycles. The van der Waals surface area contributed by atoms with Gasteiger partial charge in [-0.1, -0.05) is 41.9 Å². The molecule has 2 aromatic carbocycles. The summed E-state index contributed by atoms with van der Waals surface area (Å²) < 4.78 is 13.0. The highest BCUT2D eigenvalue weighted by molar-refractivity contribution is 7.14. The number of benzene rings is 2. The van der Waals surface area contributed by atoms with Crippen molar-refractivity contribution in [2.75, 3.05) is 0 Å². The quantitative estimate of drug-likeness (QED) is 0.659. The minimum atomic E-state index is -0.496. The summed E-state index contributed by atoms with van der Waals surface area (Å²) in [7, 11) is 0. The number of ketones is 1. The fraction of sp³-hybridized carbons (Fsp3) is 0.0526. The Morgan fingerprint density at radius 1 is 1.04 bits per heavy atom.